The third-order valence-corrected chi connectivity index (χ3v) is 5.08. The normalized spacial score (nSPS) is 17.8. The molecule has 0 bridgehead atoms. The van der Waals surface area contributed by atoms with Crippen molar-refractivity contribution in [3.63, 3.8) is 0 Å². The van der Waals surface area contributed by atoms with Gasteiger partial charge in [0.1, 0.15) is 0 Å². The van der Waals surface area contributed by atoms with Gasteiger partial charge in [-0.2, -0.15) is 0 Å². The molecule has 1 amide bonds. The maximum atomic E-state index is 11.7. The molecule has 7 nitrogen and oxygen atoms in total. The van der Waals surface area contributed by atoms with Crippen LogP contribution < -0.4 is 16.0 Å². The van der Waals surface area contributed by atoms with Crippen LogP contribution in [-0.4, -0.2) is 53.5 Å². The number of rotatable bonds is 5. The molecule has 1 aliphatic rings. The molecule has 1 saturated heterocycles. The fraction of sp³-hybridized carbons (Fsp3) is 0.421. The first-order chi connectivity index (χ1) is 12.9. The first kappa shape index (κ1) is 19.4. The maximum Gasteiger partial charge on any atom is 0.271 e. The number of aryl methyl sites for hydroxylation is 1. The van der Waals surface area contributed by atoms with Gasteiger partial charge in [-0.1, -0.05) is 18.5 Å². The van der Waals surface area contributed by atoms with E-state index >= 15 is 0 Å². The number of benzene rings is 1. The van der Waals surface area contributed by atoms with Crippen molar-refractivity contribution in [1.82, 2.24) is 14.9 Å². The second-order valence-electron chi connectivity index (χ2n) is 6.85. The highest BCUT2D eigenvalue weighted by molar-refractivity contribution is 6.30. The minimum absolute atomic E-state index is 0.0908. The number of anilines is 3. The van der Waals surface area contributed by atoms with Crippen molar-refractivity contribution in [3.05, 3.63) is 40.8 Å². The number of carbonyl (C=O) groups excluding carboxylic acids is 1. The smallest absolute Gasteiger partial charge is 0.271 e. The molecule has 2 heterocycles. The standard InChI is InChI=1S/C19H25ClN6O/c1-4-15-17(20)24-19(16(23-15)18(21)27)22-13-5-7-14(8-6-13)26-10-9-25(3)11-12(26)2/h5-8,12H,4,9-11H2,1-3H3,(H2,21,27)(H,22,24)/t12-/m0/s1. The van der Waals surface area contributed by atoms with Gasteiger partial charge >= 0.3 is 0 Å². The van der Waals surface area contributed by atoms with E-state index in [1.807, 2.05) is 19.1 Å². The predicted molar refractivity (Wildman–Crippen MR) is 109 cm³/mol. The van der Waals surface area contributed by atoms with Gasteiger partial charge in [-0.3, -0.25) is 4.79 Å². The number of primary amides is 1. The largest absolute Gasteiger partial charge is 0.366 e. The maximum absolute atomic E-state index is 11.7. The Morgan fingerprint density at radius 1 is 1.30 bits per heavy atom. The molecule has 2 aromatic rings. The van der Waals surface area contributed by atoms with E-state index in [9.17, 15) is 4.79 Å². The van der Waals surface area contributed by atoms with Crippen LogP contribution in [0.3, 0.4) is 0 Å². The third-order valence-electron chi connectivity index (χ3n) is 4.78. The highest BCUT2D eigenvalue weighted by Gasteiger charge is 2.21. The van der Waals surface area contributed by atoms with E-state index in [0.29, 0.717) is 18.2 Å². The first-order valence-corrected chi connectivity index (χ1v) is 9.45. The van der Waals surface area contributed by atoms with Crippen molar-refractivity contribution < 1.29 is 4.79 Å². The van der Waals surface area contributed by atoms with Crippen LogP contribution in [0.2, 0.25) is 5.15 Å². The average Bonchev–Trinajstić information content (AvgIpc) is 2.62. The Morgan fingerprint density at radius 3 is 2.59 bits per heavy atom. The molecule has 0 unspecified atom stereocenters. The van der Waals surface area contributed by atoms with Gasteiger partial charge in [0.25, 0.3) is 5.91 Å². The Hall–Kier alpha value is -2.38. The summed E-state index contributed by atoms with van der Waals surface area (Å²) in [6, 6.07) is 8.48. The van der Waals surface area contributed by atoms with Crippen LogP contribution in [0.5, 0.6) is 0 Å². The van der Waals surface area contributed by atoms with Crippen LogP contribution in [0.1, 0.15) is 30.0 Å². The topological polar surface area (TPSA) is 87.4 Å². The van der Waals surface area contributed by atoms with E-state index in [1.54, 1.807) is 0 Å². The highest BCUT2D eigenvalue weighted by atomic mass is 35.5. The van der Waals surface area contributed by atoms with Crippen molar-refractivity contribution >= 4 is 34.7 Å². The Morgan fingerprint density at radius 2 is 2.00 bits per heavy atom. The number of hydrogen-bond acceptors (Lipinski definition) is 6. The summed E-state index contributed by atoms with van der Waals surface area (Å²) in [7, 11) is 2.15. The first-order valence-electron chi connectivity index (χ1n) is 9.07. The monoisotopic (exact) mass is 388 g/mol. The number of hydrogen-bond donors (Lipinski definition) is 2. The lowest BCUT2D eigenvalue weighted by atomic mass is 10.1. The number of carbonyl (C=O) groups is 1. The Bertz CT molecular complexity index is 826. The SMILES string of the molecule is CCc1nc(C(N)=O)c(Nc2ccc(N3CCN(C)C[C@@H]3C)cc2)nc1Cl. The molecule has 8 heteroatoms. The molecule has 1 aromatic heterocycles. The van der Waals surface area contributed by atoms with Crippen LogP contribution in [-0.2, 0) is 6.42 Å². The molecule has 1 aromatic carbocycles. The molecule has 3 rings (SSSR count). The van der Waals surface area contributed by atoms with Gasteiger partial charge in [-0.25, -0.2) is 9.97 Å². The van der Waals surface area contributed by atoms with Gasteiger partial charge in [0.05, 0.1) is 5.69 Å². The predicted octanol–water partition coefficient (Wildman–Crippen LogP) is 2.68. The van der Waals surface area contributed by atoms with E-state index in [2.05, 4.69) is 51.2 Å². The molecule has 1 fully saturated rings. The lowest BCUT2D eigenvalue weighted by Gasteiger charge is -2.39. The fourth-order valence-electron chi connectivity index (χ4n) is 3.33. The molecular weight excluding hydrogens is 364 g/mol. The van der Waals surface area contributed by atoms with Crippen molar-refractivity contribution in [1.29, 1.82) is 0 Å². The molecule has 0 saturated carbocycles. The Balaban J connectivity index is 1.81. The van der Waals surface area contributed by atoms with E-state index < -0.39 is 5.91 Å². The van der Waals surface area contributed by atoms with Crippen LogP contribution >= 0.6 is 11.6 Å². The average molecular weight is 389 g/mol. The van der Waals surface area contributed by atoms with Gasteiger partial charge < -0.3 is 20.9 Å². The lowest BCUT2D eigenvalue weighted by Crippen LogP contribution is -2.50. The van der Waals surface area contributed by atoms with Crippen molar-refractivity contribution in [2.45, 2.75) is 26.3 Å². The number of aromatic nitrogens is 2. The summed E-state index contributed by atoms with van der Waals surface area (Å²) in [5.74, 6) is -0.371. The molecule has 0 spiro atoms. The number of nitrogens with zero attached hydrogens (tertiary/aromatic N) is 4. The second kappa shape index (κ2) is 8.10. The quantitative estimate of drug-likeness (QED) is 0.818. The summed E-state index contributed by atoms with van der Waals surface area (Å²) in [6.45, 7) is 7.21. The number of amides is 1. The Kier molecular flexibility index (Phi) is 5.82. The van der Waals surface area contributed by atoms with E-state index in [1.165, 1.54) is 5.69 Å². The molecular formula is C19H25ClN6O. The number of likely N-dealkylation sites (N-methyl/N-ethyl adjacent to an activating group) is 1. The van der Waals surface area contributed by atoms with Crippen LogP contribution in [0.25, 0.3) is 0 Å². The summed E-state index contributed by atoms with van der Waals surface area (Å²) in [4.78, 5) is 25.0. The van der Waals surface area contributed by atoms with E-state index in [4.69, 9.17) is 17.3 Å². The lowest BCUT2D eigenvalue weighted by molar-refractivity contribution is 0.0996. The van der Waals surface area contributed by atoms with Crippen molar-refractivity contribution in [2.24, 2.45) is 5.73 Å². The molecule has 27 heavy (non-hydrogen) atoms. The summed E-state index contributed by atoms with van der Waals surface area (Å²) in [5.41, 5.74) is 8.05. The fourth-order valence-corrected chi connectivity index (χ4v) is 3.59. The summed E-state index contributed by atoms with van der Waals surface area (Å²) in [6.07, 6.45) is 0.574. The molecule has 0 aliphatic carbocycles. The summed E-state index contributed by atoms with van der Waals surface area (Å²) in [5, 5.41) is 3.38. The third kappa shape index (κ3) is 4.31. The van der Waals surface area contributed by atoms with Gasteiger partial charge in [-0.05, 0) is 44.7 Å². The van der Waals surface area contributed by atoms with Gasteiger partial charge in [0, 0.05) is 37.1 Å². The minimum atomic E-state index is -0.640. The molecule has 144 valence electrons. The van der Waals surface area contributed by atoms with Crippen molar-refractivity contribution in [2.75, 3.05) is 36.9 Å². The van der Waals surface area contributed by atoms with E-state index in [0.717, 1.165) is 25.3 Å². The van der Waals surface area contributed by atoms with Gasteiger partial charge in [-0.15, -0.1) is 0 Å². The van der Waals surface area contributed by atoms with Crippen LogP contribution in [0.15, 0.2) is 24.3 Å². The molecule has 3 N–H and O–H groups in total. The summed E-state index contributed by atoms with van der Waals surface area (Å²) >= 11 is 6.15. The number of nitrogens with one attached hydrogen (secondary N) is 1. The zero-order valence-electron chi connectivity index (χ0n) is 15.9. The zero-order valence-corrected chi connectivity index (χ0v) is 16.6. The molecule has 0 radical (unpaired) electrons. The van der Waals surface area contributed by atoms with Gasteiger partial charge in [0.2, 0.25) is 0 Å². The van der Waals surface area contributed by atoms with Gasteiger partial charge in [0.15, 0.2) is 16.7 Å². The summed E-state index contributed by atoms with van der Waals surface area (Å²) < 4.78 is 0. The number of nitrogens with two attached hydrogens (primary N) is 1. The van der Waals surface area contributed by atoms with Crippen molar-refractivity contribution in [3.8, 4) is 0 Å². The number of halogens is 1. The zero-order chi connectivity index (χ0) is 19.6. The number of piperazine rings is 1. The van der Waals surface area contributed by atoms with Crippen LogP contribution in [0, 0.1) is 0 Å². The molecule has 1 atom stereocenters. The highest BCUT2D eigenvalue weighted by Crippen LogP contribution is 2.26. The second-order valence-corrected chi connectivity index (χ2v) is 7.21. The van der Waals surface area contributed by atoms with E-state index in [-0.39, 0.29) is 16.7 Å². The molecule has 1 aliphatic heterocycles. The van der Waals surface area contributed by atoms with Crippen LogP contribution in [0.4, 0.5) is 17.2 Å². The Labute approximate surface area is 164 Å². The minimum Gasteiger partial charge on any atom is -0.366 e.